The average molecular weight is 226 g/mol. The summed E-state index contributed by atoms with van der Waals surface area (Å²) in [7, 11) is 0. The maximum Gasteiger partial charge on any atom is 0.415 e. The van der Waals surface area contributed by atoms with Gasteiger partial charge in [-0.1, -0.05) is 17.7 Å². The van der Waals surface area contributed by atoms with Crippen LogP contribution in [0.1, 0.15) is 12.8 Å². The van der Waals surface area contributed by atoms with Crippen LogP contribution < -0.4 is 4.74 Å². The lowest BCUT2D eigenvalue weighted by Gasteiger charge is -2.14. The summed E-state index contributed by atoms with van der Waals surface area (Å²) in [6, 6.07) is 6.86. The van der Waals surface area contributed by atoms with Crippen molar-refractivity contribution in [1.29, 1.82) is 0 Å². The van der Waals surface area contributed by atoms with Gasteiger partial charge in [0.05, 0.1) is 0 Å². The average Bonchev–Trinajstić information content (AvgIpc) is 2.70. The first-order valence-electron chi connectivity index (χ1n) is 4.98. The Morgan fingerprint density at radius 1 is 1.33 bits per heavy atom. The monoisotopic (exact) mass is 225 g/mol. The van der Waals surface area contributed by atoms with E-state index in [0.29, 0.717) is 10.8 Å². The number of amides is 1. The van der Waals surface area contributed by atoms with Crippen molar-refractivity contribution >= 4 is 17.7 Å². The first-order valence-corrected chi connectivity index (χ1v) is 5.36. The van der Waals surface area contributed by atoms with Gasteiger partial charge in [0.1, 0.15) is 5.75 Å². The highest BCUT2D eigenvalue weighted by Gasteiger charge is 2.19. The standard InChI is InChI=1S/C11H12ClNO2/c12-9-4-3-5-10(8-9)15-11(14)13-6-1-2-7-13/h3-5,8H,1-2,6-7H2. The molecule has 1 aliphatic heterocycles. The fourth-order valence-electron chi connectivity index (χ4n) is 1.60. The Morgan fingerprint density at radius 3 is 2.73 bits per heavy atom. The fraction of sp³-hybridized carbons (Fsp3) is 0.364. The molecule has 0 bridgehead atoms. The van der Waals surface area contributed by atoms with Gasteiger partial charge < -0.3 is 9.64 Å². The zero-order valence-electron chi connectivity index (χ0n) is 8.28. The summed E-state index contributed by atoms with van der Waals surface area (Å²) in [4.78, 5) is 13.3. The van der Waals surface area contributed by atoms with Gasteiger partial charge in [0, 0.05) is 18.1 Å². The molecule has 3 nitrogen and oxygen atoms in total. The van der Waals surface area contributed by atoms with Crippen LogP contribution in [0.15, 0.2) is 24.3 Å². The van der Waals surface area contributed by atoms with Crippen LogP contribution in [0.2, 0.25) is 5.02 Å². The molecule has 1 aromatic carbocycles. The van der Waals surface area contributed by atoms with Crippen LogP contribution in [-0.2, 0) is 0 Å². The maximum absolute atomic E-state index is 11.6. The molecule has 1 aliphatic rings. The van der Waals surface area contributed by atoms with E-state index in [-0.39, 0.29) is 6.09 Å². The number of nitrogens with zero attached hydrogens (tertiary/aromatic N) is 1. The van der Waals surface area contributed by atoms with E-state index >= 15 is 0 Å². The van der Waals surface area contributed by atoms with Crippen molar-refractivity contribution in [1.82, 2.24) is 4.90 Å². The predicted molar refractivity (Wildman–Crippen MR) is 58.3 cm³/mol. The summed E-state index contributed by atoms with van der Waals surface area (Å²) in [5, 5.41) is 0.571. The lowest BCUT2D eigenvalue weighted by Crippen LogP contribution is -2.30. The molecule has 0 N–H and O–H groups in total. The van der Waals surface area contributed by atoms with E-state index in [1.807, 2.05) is 0 Å². The molecule has 0 spiro atoms. The van der Waals surface area contributed by atoms with E-state index in [1.165, 1.54) is 0 Å². The zero-order chi connectivity index (χ0) is 10.7. The second-order valence-corrected chi connectivity index (χ2v) is 3.96. The smallest absolute Gasteiger partial charge is 0.410 e. The number of likely N-dealkylation sites (tertiary alicyclic amines) is 1. The molecular weight excluding hydrogens is 214 g/mol. The molecule has 15 heavy (non-hydrogen) atoms. The summed E-state index contributed by atoms with van der Waals surface area (Å²) in [6.07, 6.45) is 1.84. The highest BCUT2D eigenvalue weighted by Crippen LogP contribution is 2.18. The van der Waals surface area contributed by atoms with Crippen molar-refractivity contribution in [2.75, 3.05) is 13.1 Å². The quantitative estimate of drug-likeness (QED) is 0.736. The number of carbonyl (C=O) groups excluding carboxylic acids is 1. The molecular formula is C11H12ClNO2. The molecule has 0 aliphatic carbocycles. The van der Waals surface area contributed by atoms with Gasteiger partial charge in [0.25, 0.3) is 0 Å². The Labute approximate surface area is 93.6 Å². The predicted octanol–water partition coefficient (Wildman–Crippen LogP) is 2.93. The Bertz CT molecular complexity index is 361. The van der Waals surface area contributed by atoms with Crippen LogP contribution in [0, 0.1) is 0 Å². The minimum atomic E-state index is -0.283. The Hall–Kier alpha value is -1.22. The summed E-state index contributed by atoms with van der Waals surface area (Å²) in [5.41, 5.74) is 0. The van der Waals surface area contributed by atoms with E-state index < -0.39 is 0 Å². The number of hydrogen-bond acceptors (Lipinski definition) is 2. The third-order valence-electron chi connectivity index (χ3n) is 2.37. The van der Waals surface area contributed by atoms with Gasteiger partial charge in [-0.25, -0.2) is 4.79 Å². The Morgan fingerprint density at radius 2 is 2.07 bits per heavy atom. The second-order valence-electron chi connectivity index (χ2n) is 3.52. The maximum atomic E-state index is 11.6. The van der Waals surface area contributed by atoms with Crippen molar-refractivity contribution in [3.63, 3.8) is 0 Å². The largest absolute Gasteiger partial charge is 0.415 e. The van der Waals surface area contributed by atoms with Crippen LogP contribution in [0.3, 0.4) is 0 Å². The van der Waals surface area contributed by atoms with Crippen LogP contribution >= 0.6 is 11.6 Å². The number of carbonyl (C=O) groups is 1. The highest BCUT2D eigenvalue weighted by molar-refractivity contribution is 6.30. The van der Waals surface area contributed by atoms with Crippen LogP contribution in [-0.4, -0.2) is 24.1 Å². The minimum absolute atomic E-state index is 0.283. The first-order chi connectivity index (χ1) is 7.25. The third kappa shape index (κ3) is 2.63. The Kier molecular flexibility index (Phi) is 3.11. The SMILES string of the molecule is O=C(Oc1cccc(Cl)c1)N1CCCC1. The molecule has 4 heteroatoms. The van der Waals surface area contributed by atoms with Crippen molar-refractivity contribution in [2.24, 2.45) is 0 Å². The highest BCUT2D eigenvalue weighted by atomic mass is 35.5. The topological polar surface area (TPSA) is 29.5 Å². The van der Waals surface area contributed by atoms with Gasteiger partial charge in [0.15, 0.2) is 0 Å². The molecule has 0 atom stereocenters. The van der Waals surface area contributed by atoms with E-state index in [1.54, 1.807) is 29.2 Å². The van der Waals surface area contributed by atoms with Crippen molar-refractivity contribution < 1.29 is 9.53 Å². The lowest BCUT2D eigenvalue weighted by molar-refractivity contribution is 0.163. The second kappa shape index (κ2) is 4.53. The number of rotatable bonds is 1. The van der Waals surface area contributed by atoms with Gasteiger partial charge in [-0.05, 0) is 31.0 Å². The van der Waals surface area contributed by atoms with E-state index in [0.717, 1.165) is 25.9 Å². The molecule has 0 aromatic heterocycles. The van der Waals surface area contributed by atoms with Crippen LogP contribution in [0.4, 0.5) is 4.79 Å². The summed E-state index contributed by atoms with van der Waals surface area (Å²) in [6.45, 7) is 1.58. The van der Waals surface area contributed by atoms with Crippen molar-refractivity contribution in [3.8, 4) is 5.75 Å². The van der Waals surface area contributed by atoms with Gasteiger partial charge in [-0.2, -0.15) is 0 Å². The van der Waals surface area contributed by atoms with Crippen molar-refractivity contribution in [3.05, 3.63) is 29.3 Å². The van der Waals surface area contributed by atoms with E-state index in [9.17, 15) is 4.79 Å². The van der Waals surface area contributed by atoms with E-state index in [4.69, 9.17) is 16.3 Å². The van der Waals surface area contributed by atoms with Gasteiger partial charge in [-0.15, -0.1) is 0 Å². The number of benzene rings is 1. The van der Waals surface area contributed by atoms with Crippen LogP contribution in [0.5, 0.6) is 5.75 Å². The van der Waals surface area contributed by atoms with Crippen molar-refractivity contribution in [2.45, 2.75) is 12.8 Å². The minimum Gasteiger partial charge on any atom is -0.410 e. The molecule has 1 amide bonds. The molecule has 0 saturated carbocycles. The van der Waals surface area contributed by atoms with Gasteiger partial charge in [0.2, 0.25) is 0 Å². The van der Waals surface area contributed by atoms with Crippen LogP contribution in [0.25, 0.3) is 0 Å². The molecule has 0 radical (unpaired) electrons. The van der Waals surface area contributed by atoms with E-state index in [2.05, 4.69) is 0 Å². The summed E-state index contributed by atoms with van der Waals surface area (Å²) in [5.74, 6) is 0.499. The molecule has 1 heterocycles. The molecule has 1 aromatic rings. The molecule has 1 fully saturated rings. The first kappa shape index (κ1) is 10.3. The summed E-state index contributed by atoms with van der Waals surface area (Å²) >= 11 is 5.78. The van der Waals surface area contributed by atoms with Gasteiger partial charge >= 0.3 is 6.09 Å². The summed E-state index contributed by atoms with van der Waals surface area (Å²) < 4.78 is 5.18. The number of ether oxygens (including phenoxy) is 1. The molecule has 1 saturated heterocycles. The lowest BCUT2D eigenvalue weighted by atomic mass is 10.3. The normalized spacial score (nSPS) is 15.4. The zero-order valence-corrected chi connectivity index (χ0v) is 9.04. The number of hydrogen-bond donors (Lipinski definition) is 0. The third-order valence-corrected chi connectivity index (χ3v) is 2.60. The molecule has 2 rings (SSSR count). The molecule has 80 valence electrons. The molecule has 0 unspecified atom stereocenters. The Balaban J connectivity index is 1.99. The number of halogens is 1. The van der Waals surface area contributed by atoms with Gasteiger partial charge in [-0.3, -0.25) is 0 Å². The fourth-order valence-corrected chi connectivity index (χ4v) is 1.78.